The van der Waals surface area contributed by atoms with Crippen molar-refractivity contribution in [2.45, 2.75) is 31.7 Å². The van der Waals surface area contributed by atoms with Gasteiger partial charge in [-0.1, -0.05) is 11.6 Å². The summed E-state index contributed by atoms with van der Waals surface area (Å²) in [6.45, 7) is 3.67. The predicted molar refractivity (Wildman–Crippen MR) is 78.6 cm³/mol. The maximum Gasteiger partial charge on any atom is 0.0934 e. The molecule has 1 aromatic heterocycles. The summed E-state index contributed by atoms with van der Waals surface area (Å²) in [7, 11) is 2.23. The molecule has 1 aromatic rings. The molecular formula is C14H21ClN2S. The van der Waals surface area contributed by atoms with Crippen LogP contribution in [-0.4, -0.2) is 31.6 Å². The van der Waals surface area contributed by atoms with E-state index < -0.39 is 0 Å². The van der Waals surface area contributed by atoms with Crippen LogP contribution in [0.4, 0.5) is 0 Å². The molecule has 0 spiro atoms. The summed E-state index contributed by atoms with van der Waals surface area (Å²) in [5.74, 6) is 0.821. The summed E-state index contributed by atoms with van der Waals surface area (Å²) < 4.78 is 0.948. The van der Waals surface area contributed by atoms with Gasteiger partial charge in [-0.05, 0) is 63.4 Å². The first-order chi connectivity index (χ1) is 8.72. The van der Waals surface area contributed by atoms with Crippen molar-refractivity contribution in [1.29, 1.82) is 0 Å². The second kappa shape index (κ2) is 5.49. The Bertz CT molecular complexity index is 418. The summed E-state index contributed by atoms with van der Waals surface area (Å²) in [4.78, 5) is 3.95. The number of nitrogens with one attached hydrogen (secondary N) is 1. The van der Waals surface area contributed by atoms with Crippen LogP contribution in [0.1, 0.15) is 35.7 Å². The fourth-order valence-electron chi connectivity index (χ4n) is 3.29. The Morgan fingerprint density at radius 2 is 2.39 bits per heavy atom. The summed E-state index contributed by atoms with van der Waals surface area (Å²) >= 11 is 7.86. The van der Waals surface area contributed by atoms with E-state index in [1.807, 2.05) is 0 Å². The van der Waals surface area contributed by atoms with Crippen LogP contribution in [0.15, 0.2) is 6.07 Å². The third-order valence-corrected chi connectivity index (χ3v) is 5.56. The van der Waals surface area contributed by atoms with Gasteiger partial charge in [-0.2, -0.15) is 0 Å². The molecule has 18 heavy (non-hydrogen) atoms. The molecule has 2 nitrogen and oxygen atoms in total. The highest BCUT2D eigenvalue weighted by Crippen LogP contribution is 2.39. The third-order valence-electron chi connectivity index (χ3n) is 4.22. The summed E-state index contributed by atoms with van der Waals surface area (Å²) in [5, 5.41) is 3.76. The highest BCUT2D eigenvalue weighted by Gasteiger charge is 2.26. The van der Waals surface area contributed by atoms with Gasteiger partial charge in [-0.25, -0.2) is 0 Å². The SMILES string of the molecule is CN1CCCC(CNC2CCc3sc(Cl)cc32)C1. The first-order valence-electron chi connectivity index (χ1n) is 6.92. The fraction of sp³-hybridized carbons (Fsp3) is 0.714. The number of nitrogens with zero attached hydrogens (tertiary/aromatic N) is 1. The first kappa shape index (κ1) is 12.9. The van der Waals surface area contributed by atoms with Crippen molar-refractivity contribution in [3.8, 4) is 0 Å². The Morgan fingerprint density at radius 1 is 1.50 bits per heavy atom. The Hall–Kier alpha value is -0.0900. The second-order valence-corrected chi connectivity index (χ2v) is 7.47. The van der Waals surface area contributed by atoms with Crippen molar-refractivity contribution in [2.24, 2.45) is 5.92 Å². The van der Waals surface area contributed by atoms with Crippen molar-refractivity contribution in [3.63, 3.8) is 0 Å². The normalized spacial score (nSPS) is 28.6. The average Bonchev–Trinajstić information content (AvgIpc) is 2.86. The molecule has 3 rings (SSSR count). The minimum Gasteiger partial charge on any atom is -0.310 e. The van der Waals surface area contributed by atoms with Gasteiger partial charge >= 0.3 is 0 Å². The molecule has 0 radical (unpaired) electrons. The maximum atomic E-state index is 6.10. The van der Waals surface area contributed by atoms with Gasteiger partial charge in [0.2, 0.25) is 0 Å². The van der Waals surface area contributed by atoms with Gasteiger partial charge in [-0.15, -0.1) is 11.3 Å². The lowest BCUT2D eigenvalue weighted by molar-refractivity contribution is 0.202. The van der Waals surface area contributed by atoms with Gasteiger partial charge in [0.05, 0.1) is 4.34 Å². The van der Waals surface area contributed by atoms with Gasteiger partial charge in [0.15, 0.2) is 0 Å². The smallest absolute Gasteiger partial charge is 0.0934 e. The maximum absolute atomic E-state index is 6.10. The Labute approximate surface area is 118 Å². The van der Waals surface area contributed by atoms with Crippen LogP contribution in [-0.2, 0) is 6.42 Å². The monoisotopic (exact) mass is 284 g/mol. The van der Waals surface area contributed by atoms with Crippen molar-refractivity contribution in [2.75, 3.05) is 26.7 Å². The van der Waals surface area contributed by atoms with Crippen LogP contribution in [0.2, 0.25) is 4.34 Å². The largest absolute Gasteiger partial charge is 0.310 e. The molecule has 0 saturated carbocycles. The van der Waals surface area contributed by atoms with E-state index in [9.17, 15) is 0 Å². The number of fused-ring (bicyclic) bond motifs is 1. The number of thiophene rings is 1. The number of aryl methyl sites for hydroxylation is 1. The molecule has 1 aliphatic carbocycles. The number of halogens is 1. The highest BCUT2D eigenvalue weighted by atomic mass is 35.5. The van der Waals surface area contributed by atoms with E-state index in [4.69, 9.17) is 11.6 Å². The molecule has 1 N–H and O–H groups in total. The molecular weight excluding hydrogens is 264 g/mol. The summed E-state index contributed by atoms with van der Waals surface area (Å²) in [6, 6.07) is 2.72. The van der Waals surface area contributed by atoms with Crippen molar-refractivity contribution >= 4 is 22.9 Å². The molecule has 0 aromatic carbocycles. The molecule has 1 saturated heterocycles. The molecule has 2 aliphatic rings. The van der Waals surface area contributed by atoms with Crippen molar-refractivity contribution in [1.82, 2.24) is 10.2 Å². The summed E-state index contributed by atoms with van der Waals surface area (Å²) in [6.07, 6.45) is 5.18. The van der Waals surface area contributed by atoms with E-state index in [2.05, 4.69) is 23.3 Å². The lowest BCUT2D eigenvalue weighted by Gasteiger charge is -2.30. The van der Waals surface area contributed by atoms with Crippen LogP contribution in [0.3, 0.4) is 0 Å². The predicted octanol–water partition coefficient (Wildman–Crippen LogP) is 3.32. The van der Waals surface area contributed by atoms with Crippen LogP contribution in [0.5, 0.6) is 0 Å². The molecule has 2 unspecified atom stereocenters. The standard InChI is InChI=1S/C14H21ClN2S/c1-17-6-2-3-10(9-17)8-16-12-4-5-13-11(12)7-14(15)18-13/h7,10,12,16H,2-6,8-9H2,1H3. The first-order valence-corrected chi connectivity index (χ1v) is 8.12. The lowest BCUT2D eigenvalue weighted by Crippen LogP contribution is -2.38. The van der Waals surface area contributed by atoms with Gasteiger partial charge in [0.25, 0.3) is 0 Å². The number of piperidine rings is 1. The fourth-order valence-corrected chi connectivity index (χ4v) is 4.65. The number of rotatable bonds is 3. The Morgan fingerprint density at radius 3 is 3.22 bits per heavy atom. The van der Waals surface area contributed by atoms with E-state index in [0.29, 0.717) is 6.04 Å². The van der Waals surface area contributed by atoms with Crippen molar-refractivity contribution < 1.29 is 0 Å². The zero-order valence-electron chi connectivity index (χ0n) is 10.9. The van der Waals surface area contributed by atoms with Crippen LogP contribution >= 0.6 is 22.9 Å². The molecule has 100 valence electrons. The molecule has 1 fully saturated rings. The zero-order chi connectivity index (χ0) is 12.5. The third kappa shape index (κ3) is 2.74. The zero-order valence-corrected chi connectivity index (χ0v) is 12.5. The average molecular weight is 285 g/mol. The van der Waals surface area contributed by atoms with E-state index in [1.165, 1.54) is 49.2 Å². The number of likely N-dealkylation sites (tertiary alicyclic amines) is 1. The minimum absolute atomic E-state index is 0.552. The topological polar surface area (TPSA) is 15.3 Å². The van der Waals surface area contributed by atoms with Gasteiger partial charge < -0.3 is 10.2 Å². The van der Waals surface area contributed by atoms with Crippen LogP contribution in [0.25, 0.3) is 0 Å². The van der Waals surface area contributed by atoms with E-state index >= 15 is 0 Å². The van der Waals surface area contributed by atoms with E-state index in [1.54, 1.807) is 11.3 Å². The number of hydrogen-bond acceptors (Lipinski definition) is 3. The van der Waals surface area contributed by atoms with E-state index in [0.717, 1.165) is 16.8 Å². The summed E-state index contributed by atoms with van der Waals surface area (Å²) in [5.41, 5.74) is 1.47. The van der Waals surface area contributed by atoms with Crippen LogP contribution < -0.4 is 5.32 Å². The lowest BCUT2D eigenvalue weighted by atomic mass is 9.98. The van der Waals surface area contributed by atoms with Gasteiger partial charge in [-0.3, -0.25) is 0 Å². The minimum atomic E-state index is 0.552. The molecule has 1 aliphatic heterocycles. The molecule has 2 heterocycles. The second-order valence-electron chi connectivity index (χ2n) is 5.70. The molecule has 0 bridgehead atoms. The number of hydrogen-bond donors (Lipinski definition) is 1. The van der Waals surface area contributed by atoms with E-state index in [-0.39, 0.29) is 0 Å². The Kier molecular flexibility index (Phi) is 3.94. The Balaban J connectivity index is 1.55. The molecule has 4 heteroatoms. The van der Waals surface area contributed by atoms with Crippen LogP contribution in [0, 0.1) is 5.92 Å². The quantitative estimate of drug-likeness (QED) is 0.916. The van der Waals surface area contributed by atoms with Crippen molar-refractivity contribution in [3.05, 3.63) is 20.8 Å². The molecule has 2 atom stereocenters. The van der Waals surface area contributed by atoms with Gasteiger partial charge in [0.1, 0.15) is 0 Å². The highest BCUT2D eigenvalue weighted by molar-refractivity contribution is 7.16. The van der Waals surface area contributed by atoms with Gasteiger partial charge in [0, 0.05) is 17.5 Å². The molecule has 0 amide bonds.